The standard InChI is InChI=1S/C15H22O2.CH5N/c1-14(2)7-4-8-15(3)11-9-17-13(16)10(11)5-6-12(14)15;1-2/h12H,4-9H2,1-3H3;2H2,1H3. The summed E-state index contributed by atoms with van der Waals surface area (Å²) in [5.74, 6) is 0.681. The van der Waals surface area contributed by atoms with Gasteiger partial charge in [0.2, 0.25) is 0 Å². The van der Waals surface area contributed by atoms with Crippen LogP contribution >= 0.6 is 0 Å². The second kappa shape index (κ2) is 4.93. The molecule has 0 spiro atoms. The van der Waals surface area contributed by atoms with Crippen molar-refractivity contribution >= 4 is 5.97 Å². The third-order valence-corrected chi connectivity index (χ3v) is 5.56. The fourth-order valence-corrected chi connectivity index (χ4v) is 4.68. The van der Waals surface area contributed by atoms with E-state index in [4.69, 9.17) is 4.74 Å². The number of fused-ring (bicyclic) bond motifs is 2. The van der Waals surface area contributed by atoms with Crippen LogP contribution in [-0.4, -0.2) is 19.6 Å². The largest absolute Gasteiger partial charge is 0.458 e. The third kappa shape index (κ3) is 2.12. The van der Waals surface area contributed by atoms with Crippen molar-refractivity contribution in [1.82, 2.24) is 0 Å². The molecule has 108 valence electrons. The fraction of sp³-hybridized carbons (Fsp3) is 0.812. The molecule has 3 heteroatoms. The second-order valence-electron chi connectivity index (χ2n) is 6.88. The molecule has 0 aromatic heterocycles. The number of carbonyl (C=O) groups excluding carboxylic acids is 1. The quantitative estimate of drug-likeness (QED) is 0.685. The summed E-state index contributed by atoms with van der Waals surface area (Å²) in [6, 6.07) is 0. The van der Waals surface area contributed by atoms with Gasteiger partial charge in [-0.3, -0.25) is 0 Å². The van der Waals surface area contributed by atoms with Crippen molar-refractivity contribution in [2.24, 2.45) is 22.5 Å². The van der Waals surface area contributed by atoms with Crippen LogP contribution < -0.4 is 5.73 Å². The van der Waals surface area contributed by atoms with E-state index in [-0.39, 0.29) is 11.4 Å². The number of esters is 1. The van der Waals surface area contributed by atoms with Crippen molar-refractivity contribution in [2.45, 2.75) is 52.9 Å². The van der Waals surface area contributed by atoms with Crippen LogP contribution in [0, 0.1) is 16.7 Å². The van der Waals surface area contributed by atoms with Gasteiger partial charge in [0.1, 0.15) is 6.61 Å². The highest BCUT2D eigenvalue weighted by molar-refractivity contribution is 5.92. The Morgan fingerprint density at radius 2 is 1.89 bits per heavy atom. The predicted octanol–water partition coefficient (Wildman–Crippen LogP) is 3.04. The lowest BCUT2D eigenvalue weighted by atomic mass is 9.50. The van der Waals surface area contributed by atoms with E-state index in [1.54, 1.807) is 0 Å². The Hall–Kier alpha value is -0.830. The smallest absolute Gasteiger partial charge is 0.334 e. The van der Waals surface area contributed by atoms with E-state index in [1.807, 2.05) is 0 Å². The third-order valence-electron chi connectivity index (χ3n) is 5.56. The normalized spacial score (nSPS) is 35.8. The van der Waals surface area contributed by atoms with Gasteiger partial charge in [-0.15, -0.1) is 0 Å². The maximum absolute atomic E-state index is 11.7. The molecule has 0 saturated heterocycles. The topological polar surface area (TPSA) is 52.3 Å². The summed E-state index contributed by atoms with van der Waals surface area (Å²) in [6.07, 6.45) is 5.95. The highest BCUT2D eigenvalue weighted by Crippen LogP contribution is 2.60. The lowest BCUT2D eigenvalue weighted by molar-refractivity contribution is -0.136. The molecule has 0 bridgehead atoms. The number of rotatable bonds is 0. The minimum Gasteiger partial charge on any atom is -0.458 e. The molecule has 2 unspecified atom stereocenters. The minimum absolute atomic E-state index is 0.0388. The van der Waals surface area contributed by atoms with E-state index in [9.17, 15) is 4.79 Å². The number of carbonyl (C=O) groups is 1. The Kier molecular flexibility index (Phi) is 3.78. The summed E-state index contributed by atoms with van der Waals surface area (Å²) >= 11 is 0. The lowest BCUT2D eigenvalue weighted by Crippen LogP contribution is -2.45. The minimum atomic E-state index is -0.0388. The summed E-state index contributed by atoms with van der Waals surface area (Å²) in [7, 11) is 1.50. The Morgan fingerprint density at radius 1 is 1.21 bits per heavy atom. The molecule has 19 heavy (non-hydrogen) atoms. The summed E-state index contributed by atoms with van der Waals surface area (Å²) in [4.78, 5) is 11.7. The zero-order valence-corrected chi connectivity index (χ0v) is 12.7. The van der Waals surface area contributed by atoms with E-state index >= 15 is 0 Å². The van der Waals surface area contributed by atoms with Gasteiger partial charge in [-0.25, -0.2) is 4.79 Å². The maximum atomic E-state index is 11.7. The Balaban J connectivity index is 0.000000637. The average molecular weight is 265 g/mol. The first-order chi connectivity index (χ1) is 8.95. The van der Waals surface area contributed by atoms with Crippen LogP contribution in [0.3, 0.4) is 0 Å². The van der Waals surface area contributed by atoms with Crippen molar-refractivity contribution < 1.29 is 9.53 Å². The Bertz CT molecular complexity index is 411. The molecule has 2 N–H and O–H groups in total. The number of hydrogen-bond acceptors (Lipinski definition) is 3. The second-order valence-corrected chi connectivity index (χ2v) is 6.88. The lowest BCUT2D eigenvalue weighted by Gasteiger charge is -2.53. The average Bonchev–Trinajstić information content (AvgIpc) is 2.74. The van der Waals surface area contributed by atoms with Crippen molar-refractivity contribution in [2.75, 3.05) is 13.7 Å². The zero-order chi connectivity index (χ0) is 14.3. The molecule has 1 heterocycles. The molecule has 1 saturated carbocycles. The molecule has 0 aromatic carbocycles. The maximum Gasteiger partial charge on any atom is 0.334 e. The van der Waals surface area contributed by atoms with Crippen molar-refractivity contribution in [1.29, 1.82) is 0 Å². The molecule has 0 amide bonds. The van der Waals surface area contributed by atoms with Crippen LogP contribution in [0.5, 0.6) is 0 Å². The summed E-state index contributed by atoms with van der Waals surface area (Å²) in [6.45, 7) is 7.74. The Labute approximate surface area is 116 Å². The van der Waals surface area contributed by atoms with E-state index < -0.39 is 0 Å². The highest BCUT2D eigenvalue weighted by atomic mass is 16.5. The zero-order valence-electron chi connectivity index (χ0n) is 12.7. The molecule has 0 radical (unpaired) electrons. The van der Waals surface area contributed by atoms with Crippen molar-refractivity contribution in [3.05, 3.63) is 11.1 Å². The van der Waals surface area contributed by atoms with Gasteiger partial charge in [0.15, 0.2) is 0 Å². The van der Waals surface area contributed by atoms with Gasteiger partial charge in [0.25, 0.3) is 0 Å². The monoisotopic (exact) mass is 265 g/mol. The van der Waals surface area contributed by atoms with Crippen LogP contribution in [0.4, 0.5) is 0 Å². The number of nitrogens with two attached hydrogens (primary N) is 1. The SMILES string of the molecule is CC1(C)CCCC2(C)C3=C(CCC12)C(=O)OC3.CN. The molecule has 0 aromatic rings. The molecule has 1 aliphatic heterocycles. The van der Waals surface area contributed by atoms with E-state index in [1.165, 1.54) is 31.9 Å². The molecule has 2 aliphatic carbocycles. The van der Waals surface area contributed by atoms with Gasteiger partial charge < -0.3 is 10.5 Å². The molecule has 3 nitrogen and oxygen atoms in total. The van der Waals surface area contributed by atoms with Crippen LogP contribution in [0.1, 0.15) is 52.9 Å². The predicted molar refractivity (Wildman–Crippen MR) is 76.6 cm³/mol. The molecule has 3 aliphatic rings. The number of hydrogen-bond donors (Lipinski definition) is 1. The number of cyclic esters (lactones) is 1. The first-order valence-electron chi connectivity index (χ1n) is 7.42. The highest BCUT2D eigenvalue weighted by Gasteiger charge is 2.53. The van der Waals surface area contributed by atoms with Gasteiger partial charge in [-0.1, -0.05) is 27.2 Å². The van der Waals surface area contributed by atoms with Crippen LogP contribution in [0.15, 0.2) is 11.1 Å². The van der Waals surface area contributed by atoms with Crippen molar-refractivity contribution in [3.63, 3.8) is 0 Å². The fourth-order valence-electron chi connectivity index (χ4n) is 4.68. The van der Waals surface area contributed by atoms with E-state index in [0.717, 1.165) is 24.3 Å². The van der Waals surface area contributed by atoms with E-state index in [2.05, 4.69) is 26.5 Å². The Morgan fingerprint density at radius 3 is 2.58 bits per heavy atom. The van der Waals surface area contributed by atoms with Crippen molar-refractivity contribution in [3.8, 4) is 0 Å². The van der Waals surface area contributed by atoms with Gasteiger partial charge in [0.05, 0.1) is 0 Å². The van der Waals surface area contributed by atoms with Crippen LogP contribution in [-0.2, 0) is 9.53 Å². The van der Waals surface area contributed by atoms with Crippen LogP contribution in [0.2, 0.25) is 0 Å². The van der Waals surface area contributed by atoms with Gasteiger partial charge in [-0.05, 0) is 55.1 Å². The molecule has 2 atom stereocenters. The summed E-state index contributed by atoms with van der Waals surface area (Å²) in [5.41, 5.74) is 7.49. The van der Waals surface area contributed by atoms with E-state index in [0.29, 0.717) is 12.0 Å². The first-order valence-corrected chi connectivity index (χ1v) is 7.42. The molecular weight excluding hydrogens is 238 g/mol. The summed E-state index contributed by atoms with van der Waals surface area (Å²) < 4.78 is 5.27. The molecular formula is C16H27NO2. The number of ether oxygens (including phenoxy) is 1. The molecule has 1 fully saturated rings. The summed E-state index contributed by atoms with van der Waals surface area (Å²) in [5, 5.41) is 0. The van der Waals surface area contributed by atoms with Gasteiger partial charge in [-0.2, -0.15) is 0 Å². The van der Waals surface area contributed by atoms with Crippen LogP contribution in [0.25, 0.3) is 0 Å². The van der Waals surface area contributed by atoms with Gasteiger partial charge >= 0.3 is 5.97 Å². The van der Waals surface area contributed by atoms with Gasteiger partial charge in [0, 0.05) is 5.57 Å². The first kappa shape index (κ1) is 14.6. The molecule has 3 rings (SSSR count).